The molecule has 3 aromatic heterocycles. The Bertz CT molecular complexity index is 2790. The summed E-state index contributed by atoms with van der Waals surface area (Å²) in [6.07, 6.45) is 0. The van der Waals surface area contributed by atoms with E-state index in [2.05, 4.69) is 156 Å². The summed E-state index contributed by atoms with van der Waals surface area (Å²) in [6.45, 7) is 0. The Morgan fingerprint density at radius 3 is 1.89 bits per heavy atom. The van der Waals surface area contributed by atoms with Crippen molar-refractivity contribution in [2.45, 2.75) is 0 Å². The molecule has 0 amide bonds. The van der Waals surface area contributed by atoms with E-state index in [1.54, 1.807) is 11.3 Å². The molecule has 0 fully saturated rings. The highest BCUT2D eigenvalue weighted by Crippen LogP contribution is 2.43. The zero-order chi connectivity index (χ0) is 30.2. The maximum absolute atomic E-state index is 5.43. The van der Waals surface area contributed by atoms with Gasteiger partial charge in [0.1, 0.15) is 0 Å². The number of fused-ring (bicyclic) bond motifs is 9. The fourth-order valence-electron chi connectivity index (χ4n) is 6.98. The van der Waals surface area contributed by atoms with Crippen LogP contribution in [-0.4, -0.2) is 14.5 Å². The van der Waals surface area contributed by atoms with Crippen LogP contribution in [0.4, 0.5) is 0 Å². The van der Waals surface area contributed by atoms with Crippen LogP contribution in [0.15, 0.2) is 152 Å². The Morgan fingerprint density at radius 2 is 1.07 bits per heavy atom. The summed E-state index contributed by atoms with van der Waals surface area (Å²) in [7, 11) is 0. The summed E-state index contributed by atoms with van der Waals surface area (Å²) in [4.78, 5) is 10.8. The van der Waals surface area contributed by atoms with Gasteiger partial charge in [-0.1, -0.05) is 133 Å². The maximum Gasteiger partial charge on any atom is 0.235 e. The lowest BCUT2D eigenvalue weighted by Crippen LogP contribution is -2.02. The van der Waals surface area contributed by atoms with Crippen LogP contribution in [0, 0.1) is 0 Å². The molecule has 0 aliphatic rings. The van der Waals surface area contributed by atoms with E-state index in [9.17, 15) is 0 Å². The lowest BCUT2D eigenvalue weighted by molar-refractivity contribution is 1.02. The second kappa shape index (κ2) is 9.83. The Labute approximate surface area is 268 Å². The molecule has 0 aliphatic heterocycles. The van der Waals surface area contributed by atoms with E-state index in [-0.39, 0.29) is 0 Å². The minimum Gasteiger partial charge on any atom is -0.278 e. The zero-order valence-electron chi connectivity index (χ0n) is 24.7. The maximum atomic E-state index is 5.43. The van der Waals surface area contributed by atoms with Gasteiger partial charge >= 0.3 is 0 Å². The van der Waals surface area contributed by atoms with Gasteiger partial charge in [0.15, 0.2) is 0 Å². The molecule has 0 saturated carbocycles. The van der Waals surface area contributed by atoms with E-state index in [4.69, 9.17) is 9.97 Å². The lowest BCUT2D eigenvalue weighted by Gasteiger charge is -2.11. The van der Waals surface area contributed by atoms with Crippen LogP contribution in [0.1, 0.15) is 0 Å². The fourth-order valence-corrected chi connectivity index (χ4v) is 8.26. The first-order valence-corrected chi connectivity index (χ1v) is 16.3. The van der Waals surface area contributed by atoms with Gasteiger partial charge in [-0.2, -0.15) is 0 Å². The smallest absolute Gasteiger partial charge is 0.235 e. The Hall–Kier alpha value is -5.84. The molecule has 0 aliphatic carbocycles. The van der Waals surface area contributed by atoms with E-state index in [1.807, 2.05) is 0 Å². The van der Waals surface area contributed by atoms with Gasteiger partial charge in [0.05, 0.1) is 26.9 Å². The van der Waals surface area contributed by atoms with Crippen molar-refractivity contribution >= 4 is 75.0 Å². The molecule has 10 rings (SSSR count). The average molecular weight is 604 g/mol. The molecular formula is C42H25N3S. The Morgan fingerprint density at radius 1 is 0.413 bits per heavy atom. The largest absolute Gasteiger partial charge is 0.278 e. The number of thiophene rings is 1. The van der Waals surface area contributed by atoms with Crippen molar-refractivity contribution in [1.82, 2.24) is 14.5 Å². The molecule has 0 N–H and O–H groups in total. The second-order valence-electron chi connectivity index (χ2n) is 11.8. The van der Waals surface area contributed by atoms with Crippen LogP contribution in [-0.2, 0) is 0 Å². The summed E-state index contributed by atoms with van der Waals surface area (Å²) in [5.74, 6) is 0.684. The van der Waals surface area contributed by atoms with Gasteiger partial charge in [0, 0.05) is 26.4 Å². The van der Waals surface area contributed by atoms with Gasteiger partial charge in [-0.25, -0.2) is 9.97 Å². The van der Waals surface area contributed by atoms with Crippen LogP contribution < -0.4 is 0 Å². The molecule has 0 spiro atoms. The van der Waals surface area contributed by atoms with E-state index >= 15 is 0 Å². The molecule has 46 heavy (non-hydrogen) atoms. The molecule has 3 nitrogen and oxygen atoms in total. The van der Waals surface area contributed by atoms with Gasteiger partial charge in [-0.3, -0.25) is 4.57 Å². The molecule has 0 saturated heterocycles. The van der Waals surface area contributed by atoms with Crippen LogP contribution in [0.25, 0.3) is 92.0 Å². The molecule has 0 bridgehead atoms. The average Bonchev–Trinajstić information content (AvgIpc) is 3.66. The third kappa shape index (κ3) is 3.77. The van der Waals surface area contributed by atoms with Crippen LogP contribution in [0.3, 0.4) is 0 Å². The minimum absolute atomic E-state index is 0.684. The number of para-hydroxylation sites is 1. The molecule has 0 unspecified atom stereocenters. The van der Waals surface area contributed by atoms with Crippen molar-refractivity contribution in [3.63, 3.8) is 0 Å². The molecule has 3 heterocycles. The molecule has 0 atom stereocenters. The zero-order valence-corrected chi connectivity index (χ0v) is 25.5. The van der Waals surface area contributed by atoms with Gasteiger partial charge in [-0.15, -0.1) is 11.3 Å². The van der Waals surface area contributed by atoms with Crippen LogP contribution in [0.5, 0.6) is 0 Å². The third-order valence-electron chi connectivity index (χ3n) is 9.20. The number of hydrogen-bond acceptors (Lipinski definition) is 3. The summed E-state index contributed by atoms with van der Waals surface area (Å²) in [6, 6.07) is 54.2. The topological polar surface area (TPSA) is 30.7 Å². The highest BCUT2D eigenvalue weighted by atomic mass is 32.1. The van der Waals surface area contributed by atoms with Crippen molar-refractivity contribution in [3.05, 3.63) is 152 Å². The van der Waals surface area contributed by atoms with Crippen LogP contribution in [0.2, 0.25) is 0 Å². The number of nitrogens with zero attached hydrogens (tertiary/aromatic N) is 3. The summed E-state index contributed by atoms with van der Waals surface area (Å²) in [5.41, 5.74) is 7.62. The van der Waals surface area contributed by atoms with Gasteiger partial charge in [0.25, 0.3) is 0 Å². The van der Waals surface area contributed by atoms with Crippen molar-refractivity contribution in [3.8, 4) is 28.3 Å². The highest BCUT2D eigenvalue weighted by molar-refractivity contribution is 7.27. The van der Waals surface area contributed by atoms with E-state index in [1.165, 1.54) is 48.1 Å². The molecule has 7 aromatic carbocycles. The first kappa shape index (κ1) is 25.5. The predicted octanol–water partition coefficient (Wildman–Crippen LogP) is 11.6. The number of aromatic nitrogens is 3. The third-order valence-corrected chi connectivity index (χ3v) is 10.4. The lowest BCUT2D eigenvalue weighted by atomic mass is 10.0. The van der Waals surface area contributed by atoms with Crippen LogP contribution >= 0.6 is 11.3 Å². The second-order valence-corrected chi connectivity index (χ2v) is 12.8. The van der Waals surface area contributed by atoms with Gasteiger partial charge in [-0.05, 0) is 50.9 Å². The number of rotatable bonds is 3. The highest BCUT2D eigenvalue weighted by Gasteiger charge is 2.21. The number of benzene rings is 7. The van der Waals surface area contributed by atoms with Crippen molar-refractivity contribution in [2.75, 3.05) is 0 Å². The monoisotopic (exact) mass is 603 g/mol. The molecule has 10 aromatic rings. The first-order valence-electron chi connectivity index (χ1n) is 15.5. The normalized spacial score (nSPS) is 11.9. The molecule has 214 valence electrons. The summed E-state index contributed by atoms with van der Waals surface area (Å²) < 4.78 is 4.60. The molecule has 0 radical (unpaired) electrons. The van der Waals surface area contributed by atoms with Crippen molar-refractivity contribution < 1.29 is 0 Å². The van der Waals surface area contributed by atoms with Crippen molar-refractivity contribution in [1.29, 1.82) is 0 Å². The standard InChI is InChI=1S/C42H25N3S/c1-2-10-26(11-3-1)27-18-20-29(21-19-27)38-41-39(34-23-22-28-12-6-7-15-32(28)40(34)46-41)44-42(43-38)45-36-17-9-8-16-33(36)35-24-30-13-4-5-14-31(30)25-37(35)45/h1-25H. The van der Waals surface area contributed by atoms with Crippen molar-refractivity contribution in [2.24, 2.45) is 0 Å². The first-order chi connectivity index (χ1) is 22.8. The molecule has 4 heteroatoms. The van der Waals surface area contributed by atoms with Gasteiger partial charge in [0.2, 0.25) is 5.95 Å². The minimum atomic E-state index is 0.684. The van der Waals surface area contributed by atoms with E-state index < -0.39 is 0 Å². The SMILES string of the molecule is c1ccc(-c2ccc(-c3nc(-n4c5ccccc5c5cc6ccccc6cc54)nc4c3sc3c5ccccc5ccc43)cc2)cc1. The van der Waals surface area contributed by atoms with Gasteiger partial charge < -0.3 is 0 Å². The summed E-state index contributed by atoms with van der Waals surface area (Å²) >= 11 is 1.79. The predicted molar refractivity (Wildman–Crippen MR) is 195 cm³/mol. The Kier molecular flexibility index (Phi) is 5.45. The van der Waals surface area contributed by atoms with E-state index in [0.717, 1.165) is 37.9 Å². The quantitative estimate of drug-likeness (QED) is 0.201. The summed E-state index contributed by atoms with van der Waals surface area (Å²) in [5, 5.41) is 8.47. The van der Waals surface area contributed by atoms with E-state index in [0.29, 0.717) is 5.95 Å². The fraction of sp³-hybridized carbons (Fsp3) is 0. The molecular weight excluding hydrogens is 579 g/mol. The Balaban J connectivity index is 1.30. The number of hydrogen-bond donors (Lipinski definition) is 0.